The number of ether oxygens (including phenoxy) is 1. The van der Waals surface area contributed by atoms with E-state index >= 15 is 0 Å². The number of piperidine rings is 1. The second-order valence-electron chi connectivity index (χ2n) is 12.6. The Kier molecular flexibility index (Phi) is 4.12. The zero-order chi connectivity index (χ0) is 22.7. The van der Waals surface area contributed by atoms with E-state index in [1.54, 1.807) is 5.57 Å². The Bertz CT molecular complexity index is 1080. The second kappa shape index (κ2) is 6.80. The van der Waals surface area contributed by atoms with Crippen molar-refractivity contribution in [3.8, 4) is 11.5 Å². The third kappa shape index (κ3) is 2.42. The molecule has 0 radical (unpaired) electrons. The zero-order valence-electron chi connectivity index (χ0n) is 20.3. The summed E-state index contributed by atoms with van der Waals surface area (Å²) in [4.78, 5) is 5.22. The van der Waals surface area contributed by atoms with E-state index in [0.29, 0.717) is 5.75 Å². The minimum atomic E-state index is -0.766. The van der Waals surface area contributed by atoms with Crippen LogP contribution in [-0.4, -0.2) is 70.5 Å². The summed E-state index contributed by atoms with van der Waals surface area (Å²) in [5.41, 5.74) is 2.92. The van der Waals surface area contributed by atoms with Crippen molar-refractivity contribution < 1.29 is 14.9 Å². The smallest absolute Gasteiger partial charge is 0.165 e. The third-order valence-corrected chi connectivity index (χ3v) is 11.2. The van der Waals surface area contributed by atoms with Crippen LogP contribution in [0.15, 0.2) is 23.8 Å². The predicted molar refractivity (Wildman–Crippen MR) is 130 cm³/mol. The van der Waals surface area contributed by atoms with Gasteiger partial charge in [-0.25, -0.2) is 0 Å². The molecule has 3 heterocycles. The van der Waals surface area contributed by atoms with Crippen molar-refractivity contribution in [2.24, 2.45) is 11.3 Å². The predicted octanol–water partition coefficient (Wildman–Crippen LogP) is 3.76. The molecule has 2 spiro atoms. The van der Waals surface area contributed by atoms with Gasteiger partial charge in [0.1, 0.15) is 6.10 Å². The van der Waals surface area contributed by atoms with Crippen LogP contribution >= 0.6 is 0 Å². The maximum atomic E-state index is 12.7. The molecule has 5 atom stereocenters. The quantitative estimate of drug-likeness (QED) is 0.668. The van der Waals surface area contributed by atoms with E-state index < -0.39 is 5.60 Å². The number of hydrogen-bond acceptors (Lipinski definition) is 5. The molecule has 5 fully saturated rings. The van der Waals surface area contributed by atoms with Gasteiger partial charge in [0.2, 0.25) is 0 Å². The third-order valence-electron chi connectivity index (χ3n) is 11.2. The summed E-state index contributed by atoms with van der Waals surface area (Å²) in [5.74, 6) is 1.79. The second-order valence-corrected chi connectivity index (χ2v) is 12.6. The number of nitrogens with zero attached hydrogens (tertiary/aromatic N) is 2. The summed E-state index contributed by atoms with van der Waals surface area (Å²) in [6, 6.07) is 4.14. The van der Waals surface area contributed by atoms with Crippen LogP contribution in [-0.2, 0) is 11.8 Å². The van der Waals surface area contributed by atoms with Crippen molar-refractivity contribution in [3.63, 3.8) is 0 Å². The fourth-order valence-electron chi connectivity index (χ4n) is 9.29. The highest BCUT2D eigenvalue weighted by atomic mass is 16.5. The number of aliphatic hydroxyl groups is 1. The Morgan fingerprint density at radius 1 is 1.06 bits per heavy atom. The average Bonchev–Trinajstić information content (AvgIpc) is 3.33. The number of hydrogen-bond donors (Lipinski definition) is 2. The highest BCUT2D eigenvalue weighted by molar-refractivity contribution is 5.63. The summed E-state index contributed by atoms with van der Waals surface area (Å²) in [5, 5.41) is 23.6. The van der Waals surface area contributed by atoms with Gasteiger partial charge in [-0.2, -0.15) is 0 Å². The lowest BCUT2D eigenvalue weighted by Crippen LogP contribution is -2.78. The molecule has 0 unspecified atom stereocenters. The number of benzene rings is 1. The number of phenols is 1. The molecule has 3 saturated carbocycles. The van der Waals surface area contributed by atoms with E-state index in [1.165, 1.54) is 49.9 Å². The minimum Gasteiger partial charge on any atom is -0.504 e. The molecule has 7 aliphatic rings. The molecule has 1 aromatic rings. The first-order valence-electron chi connectivity index (χ1n) is 14.0. The Balaban J connectivity index is 1.24. The minimum absolute atomic E-state index is 0.0231. The van der Waals surface area contributed by atoms with Gasteiger partial charge in [-0.3, -0.25) is 9.80 Å². The first-order chi connectivity index (χ1) is 16.6. The molecule has 5 heteroatoms. The maximum Gasteiger partial charge on any atom is 0.165 e. The molecule has 182 valence electrons. The van der Waals surface area contributed by atoms with Gasteiger partial charge in [0.05, 0.1) is 11.0 Å². The van der Waals surface area contributed by atoms with Crippen LogP contribution in [0.25, 0.3) is 0 Å². The van der Waals surface area contributed by atoms with Gasteiger partial charge in [0.15, 0.2) is 11.5 Å². The SMILES string of the molecule is Oc1ccc2c3c1O[C@H]1[C@@]4(CC/C4=C\CN4CCCC4)CC[C@@]4(O)[C@@H](C2)N(CC2CC2)CC[C@]314. The molecule has 2 saturated heterocycles. The molecule has 0 aromatic heterocycles. The van der Waals surface area contributed by atoms with Gasteiger partial charge in [-0.1, -0.05) is 17.7 Å². The molecule has 34 heavy (non-hydrogen) atoms. The van der Waals surface area contributed by atoms with Crippen molar-refractivity contribution >= 4 is 0 Å². The van der Waals surface area contributed by atoms with Crippen LogP contribution in [0.5, 0.6) is 11.5 Å². The monoisotopic (exact) mass is 462 g/mol. The van der Waals surface area contributed by atoms with Gasteiger partial charge in [-0.15, -0.1) is 0 Å². The van der Waals surface area contributed by atoms with E-state index in [-0.39, 0.29) is 28.7 Å². The van der Waals surface area contributed by atoms with Crippen molar-refractivity contribution in [3.05, 3.63) is 34.9 Å². The van der Waals surface area contributed by atoms with Crippen LogP contribution in [0.4, 0.5) is 0 Å². The number of rotatable bonds is 4. The molecule has 5 nitrogen and oxygen atoms in total. The Hall–Kier alpha value is -1.56. The zero-order valence-corrected chi connectivity index (χ0v) is 20.3. The molecule has 2 bridgehead atoms. The highest BCUT2D eigenvalue weighted by Crippen LogP contribution is 2.72. The molecule has 3 aliphatic heterocycles. The van der Waals surface area contributed by atoms with Gasteiger partial charge in [-0.05, 0) is 101 Å². The van der Waals surface area contributed by atoms with Crippen LogP contribution in [0.1, 0.15) is 68.9 Å². The van der Waals surface area contributed by atoms with Crippen molar-refractivity contribution in [2.75, 3.05) is 32.7 Å². The number of likely N-dealkylation sites (tertiary alicyclic amines) is 2. The first kappa shape index (κ1) is 20.6. The van der Waals surface area contributed by atoms with E-state index in [4.69, 9.17) is 4.74 Å². The van der Waals surface area contributed by atoms with Crippen molar-refractivity contribution in [2.45, 2.75) is 87.4 Å². The Labute approximate surface area is 202 Å². The molecule has 4 aliphatic carbocycles. The average molecular weight is 463 g/mol. The summed E-state index contributed by atoms with van der Waals surface area (Å²) < 4.78 is 6.88. The Morgan fingerprint density at radius 2 is 1.91 bits per heavy atom. The largest absolute Gasteiger partial charge is 0.504 e. The van der Waals surface area contributed by atoms with Gasteiger partial charge < -0.3 is 14.9 Å². The summed E-state index contributed by atoms with van der Waals surface area (Å²) in [6.45, 7) is 5.69. The van der Waals surface area contributed by atoms with E-state index in [2.05, 4.69) is 21.9 Å². The van der Waals surface area contributed by atoms with Gasteiger partial charge in [0, 0.05) is 30.1 Å². The van der Waals surface area contributed by atoms with E-state index in [0.717, 1.165) is 64.1 Å². The summed E-state index contributed by atoms with van der Waals surface area (Å²) in [7, 11) is 0. The number of aromatic hydroxyl groups is 1. The number of phenolic OH excluding ortho intramolecular Hbond substituents is 1. The topological polar surface area (TPSA) is 56.2 Å². The summed E-state index contributed by atoms with van der Waals surface area (Å²) in [6.07, 6.45) is 13.8. The lowest BCUT2D eigenvalue weighted by molar-refractivity contribution is -0.218. The van der Waals surface area contributed by atoms with Crippen LogP contribution in [0.2, 0.25) is 0 Å². The molecule has 8 rings (SSSR count). The fraction of sp³-hybridized carbons (Fsp3) is 0.724. The van der Waals surface area contributed by atoms with Crippen LogP contribution < -0.4 is 4.74 Å². The van der Waals surface area contributed by atoms with Crippen molar-refractivity contribution in [1.29, 1.82) is 0 Å². The Morgan fingerprint density at radius 3 is 2.68 bits per heavy atom. The van der Waals surface area contributed by atoms with E-state index in [9.17, 15) is 10.2 Å². The highest BCUT2D eigenvalue weighted by Gasteiger charge is 2.77. The maximum absolute atomic E-state index is 12.7. The standard InChI is InChI=1S/C29H38N2O3/c32-22-6-5-20-17-23-29(33)11-10-27(9-7-21(27)8-15-30-13-1-2-14-30)26-28(29,24(20)25(22)34-26)12-16-31(23)18-19-3-4-19/h5-6,8,19,23,26,32-33H,1-4,7,9-18H2/b21-8+/t23-,26+,27+,28+,29-/m1/s1. The number of fused-ring (bicyclic) bond motifs is 1. The molecular formula is C29H38N2O3. The van der Waals surface area contributed by atoms with Crippen molar-refractivity contribution in [1.82, 2.24) is 9.80 Å². The van der Waals surface area contributed by atoms with Gasteiger partial charge >= 0.3 is 0 Å². The molecular weight excluding hydrogens is 424 g/mol. The normalized spacial score (nSPS) is 43.7. The molecule has 0 amide bonds. The van der Waals surface area contributed by atoms with E-state index in [1.807, 2.05) is 6.07 Å². The molecule has 1 aromatic carbocycles. The van der Waals surface area contributed by atoms with Crippen LogP contribution in [0.3, 0.4) is 0 Å². The first-order valence-corrected chi connectivity index (χ1v) is 14.0. The fourth-order valence-corrected chi connectivity index (χ4v) is 9.29. The lowest BCUT2D eigenvalue weighted by atomic mass is 9.40. The molecule has 2 N–H and O–H groups in total. The summed E-state index contributed by atoms with van der Waals surface area (Å²) >= 11 is 0. The van der Waals surface area contributed by atoms with Crippen LogP contribution in [0, 0.1) is 11.3 Å². The van der Waals surface area contributed by atoms with Gasteiger partial charge in [0.25, 0.3) is 0 Å². The lowest BCUT2D eigenvalue weighted by Gasteiger charge is -2.68.